The molecule has 0 atom stereocenters. The molecule has 0 radical (unpaired) electrons. The van der Waals surface area contributed by atoms with Crippen LogP contribution in [0.3, 0.4) is 0 Å². The Balaban J connectivity index is 1.40. The first-order valence-electron chi connectivity index (χ1n) is 9.87. The van der Waals surface area contributed by atoms with Crippen LogP contribution < -0.4 is 5.32 Å². The van der Waals surface area contributed by atoms with E-state index in [1.807, 2.05) is 12.1 Å². The van der Waals surface area contributed by atoms with Crippen LogP contribution in [0.15, 0.2) is 66.2 Å². The number of hydrogen-bond acceptors (Lipinski definition) is 5. The van der Waals surface area contributed by atoms with E-state index in [0.717, 1.165) is 11.6 Å². The smallest absolute Gasteiger partial charge is 0.304 e. The van der Waals surface area contributed by atoms with Crippen molar-refractivity contribution in [1.82, 2.24) is 24.4 Å². The maximum atomic E-state index is 13.7. The van der Waals surface area contributed by atoms with Gasteiger partial charge in [0.15, 0.2) is 22.9 Å². The molecule has 4 heterocycles. The summed E-state index contributed by atoms with van der Waals surface area (Å²) in [5.74, 6) is -0.465. The quantitative estimate of drug-likeness (QED) is 0.338. The number of alkyl halides is 3. The number of fused-ring (bicyclic) bond motifs is 1. The van der Waals surface area contributed by atoms with Crippen molar-refractivity contribution in [3.8, 4) is 10.6 Å². The van der Waals surface area contributed by atoms with Gasteiger partial charge in [0.25, 0.3) is 5.91 Å². The minimum atomic E-state index is -4.69. The Morgan fingerprint density at radius 3 is 2.59 bits per heavy atom. The van der Waals surface area contributed by atoms with Crippen molar-refractivity contribution in [3.05, 3.63) is 88.1 Å². The van der Waals surface area contributed by atoms with Gasteiger partial charge >= 0.3 is 6.18 Å². The fraction of sp³-hybridized carbons (Fsp3) is 0.0909. The number of carbonyl (C=O) groups excluding carboxylic acids is 1. The SMILES string of the molecule is O=C(Nc1ccn(Cc2ccc(Cl)cc2)n1)c1cc2nc(-c3cccs3)cc(C(F)(F)F)n2n1. The number of nitrogens with zero attached hydrogens (tertiary/aromatic N) is 5. The van der Waals surface area contributed by atoms with Gasteiger partial charge in [-0.15, -0.1) is 11.3 Å². The summed E-state index contributed by atoms with van der Waals surface area (Å²) < 4.78 is 43.3. The van der Waals surface area contributed by atoms with Gasteiger partial charge in [0, 0.05) is 23.4 Å². The van der Waals surface area contributed by atoms with E-state index < -0.39 is 17.8 Å². The van der Waals surface area contributed by atoms with E-state index >= 15 is 0 Å². The summed E-state index contributed by atoms with van der Waals surface area (Å²) in [5.41, 5.74) is -0.210. The van der Waals surface area contributed by atoms with Gasteiger partial charge in [0.1, 0.15) is 0 Å². The molecule has 7 nitrogen and oxygen atoms in total. The first-order valence-corrected chi connectivity index (χ1v) is 11.1. The maximum Gasteiger partial charge on any atom is 0.433 e. The van der Waals surface area contributed by atoms with E-state index in [2.05, 4.69) is 20.5 Å². The second-order valence-electron chi connectivity index (χ2n) is 7.28. The number of thiophene rings is 1. The standard InChI is InChI=1S/C22H14ClF3N6OS/c23-14-5-3-13(4-6-14)12-31-8-7-19(30-31)28-21(33)16-11-20-27-15(17-2-1-9-34-17)10-18(22(24,25)26)32(20)29-16/h1-11H,12H2,(H,28,30,33). The summed E-state index contributed by atoms with van der Waals surface area (Å²) in [7, 11) is 0. The summed E-state index contributed by atoms with van der Waals surface area (Å²) in [6, 6.07) is 14.4. The number of rotatable bonds is 5. The average Bonchev–Trinajstić information content (AvgIpc) is 3.54. The number of nitrogens with one attached hydrogen (secondary N) is 1. The molecule has 12 heteroatoms. The van der Waals surface area contributed by atoms with E-state index in [9.17, 15) is 18.0 Å². The van der Waals surface area contributed by atoms with Gasteiger partial charge in [-0.2, -0.15) is 23.4 Å². The highest BCUT2D eigenvalue weighted by Crippen LogP contribution is 2.33. The van der Waals surface area contributed by atoms with Crippen LogP contribution >= 0.6 is 22.9 Å². The minimum absolute atomic E-state index is 0.0864. The van der Waals surface area contributed by atoms with Crippen LogP contribution in [0.2, 0.25) is 5.02 Å². The van der Waals surface area contributed by atoms with Crippen molar-refractivity contribution >= 4 is 40.3 Å². The zero-order chi connectivity index (χ0) is 23.9. The third-order valence-corrected chi connectivity index (χ3v) is 6.01. The van der Waals surface area contributed by atoms with Crippen molar-refractivity contribution in [2.75, 3.05) is 5.32 Å². The lowest BCUT2D eigenvalue weighted by Crippen LogP contribution is -2.16. The topological polar surface area (TPSA) is 77.1 Å². The van der Waals surface area contributed by atoms with E-state index in [1.165, 1.54) is 17.4 Å². The molecule has 0 saturated carbocycles. The highest BCUT2D eigenvalue weighted by atomic mass is 35.5. The highest BCUT2D eigenvalue weighted by molar-refractivity contribution is 7.13. The molecule has 1 aromatic carbocycles. The lowest BCUT2D eigenvalue weighted by atomic mass is 10.2. The zero-order valence-electron chi connectivity index (χ0n) is 17.1. The number of hydrogen-bond donors (Lipinski definition) is 1. The molecule has 5 aromatic rings. The zero-order valence-corrected chi connectivity index (χ0v) is 18.7. The van der Waals surface area contributed by atoms with Crippen LogP contribution in [-0.2, 0) is 12.7 Å². The lowest BCUT2D eigenvalue weighted by Gasteiger charge is -2.10. The first kappa shape index (κ1) is 22.1. The molecule has 0 aliphatic rings. The molecule has 0 spiro atoms. The van der Waals surface area contributed by atoms with Gasteiger partial charge in [-0.05, 0) is 35.2 Å². The van der Waals surface area contributed by atoms with Crippen molar-refractivity contribution in [3.63, 3.8) is 0 Å². The van der Waals surface area contributed by atoms with Gasteiger partial charge < -0.3 is 5.32 Å². The van der Waals surface area contributed by atoms with Crippen LogP contribution in [0.25, 0.3) is 16.2 Å². The summed E-state index contributed by atoms with van der Waals surface area (Å²) >= 11 is 7.16. The van der Waals surface area contributed by atoms with Gasteiger partial charge in [0.2, 0.25) is 0 Å². The van der Waals surface area contributed by atoms with E-state index in [4.69, 9.17) is 11.6 Å². The van der Waals surface area contributed by atoms with Crippen molar-refractivity contribution in [2.24, 2.45) is 0 Å². The third kappa shape index (κ3) is 4.52. The second kappa shape index (κ2) is 8.58. The molecule has 1 N–H and O–H groups in total. The summed E-state index contributed by atoms with van der Waals surface area (Å²) in [6.07, 6.45) is -3.02. The van der Waals surface area contributed by atoms with E-state index in [1.54, 1.807) is 46.6 Å². The summed E-state index contributed by atoms with van der Waals surface area (Å²) in [6.45, 7) is 0.450. The Morgan fingerprint density at radius 2 is 1.88 bits per heavy atom. The van der Waals surface area contributed by atoms with Gasteiger partial charge in [0.05, 0.1) is 17.1 Å². The fourth-order valence-corrected chi connectivity index (χ4v) is 4.12. The Hall–Kier alpha value is -3.70. The summed E-state index contributed by atoms with van der Waals surface area (Å²) in [4.78, 5) is 17.5. The number of carbonyl (C=O) groups is 1. The number of anilines is 1. The predicted molar refractivity (Wildman–Crippen MR) is 122 cm³/mol. The molecule has 0 unspecified atom stereocenters. The Morgan fingerprint density at radius 1 is 1.09 bits per heavy atom. The van der Waals surface area contributed by atoms with Crippen molar-refractivity contribution in [2.45, 2.75) is 12.7 Å². The molecular weight excluding hydrogens is 489 g/mol. The normalized spacial score (nSPS) is 11.8. The molecule has 0 saturated heterocycles. The number of benzene rings is 1. The third-order valence-electron chi connectivity index (χ3n) is 4.86. The first-order chi connectivity index (χ1) is 16.3. The van der Waals surface area contributed by atoms with E-state index in [0.29, 0.717) is 21.0 Å². The Labute approximate surface area is 199 Å². The second-order valence-corrected chi connectivity index (χ2v) is 8.66. The monoisotopic (exact) mass is 502 g/mol. The molecule has 4 aromatic heterocycles. The molecule has 5 rings (SSSR count). The predicted octanol–water partition coefficient (Wildman–Crippen LogP) is 5.63. The molecule has 0 fully saturated rings. The van der Waals surface area contributed by atoms with Crippen molar-refractivity contribution in [1.29, 1.82) is 0 Å². The molecule has 0 aliphatic heterocycles. The van der Waals surface area contributed by atoms with Gasteiger partial charge in [-0.3, -0.25) is 9.48 Å². The van der Waals surface area contributed by atoms with Crippen LogP contribution in [0, 0.1) is 0 Å². The summed E-state index contributed by atoms with van der Waals surface area (Å²) in [5, 5.41) is 13.1. The molecule has 172 valence electrons. The number of halogens is 4. The fourth-order valence-electron chi connectivity index (χ4n) is 3.31. The van der Waals surface area contributed by atoms with Crippen LogP contribution in [0.1, 0.15) is 21.7 Å². The van der Waals surface area contributed by atoms with Gasteiger partial charge in [-0.25, -0.2) is 9.50 Å². The molecule has 0 bridgehead atoms. The maximum absolute atomic E-state index is 13.7. The Kier molecular flexibility index (Phi) is 5.58. The lowest BCUT2D eigenvalue weighted by molar-refractivity contribution is -0.142. The van der Waals surface area contributed by atoms with Crippen LogP contribution in [0.5, 0.6) is 0 Å². The molecule has 1 amide bonds. The molecule has 34 heavy (non-hydrogen) atoms. The minimum Gasteiger partial charge on any atom is -0.304 e. The average molecular weight is 503 g/mol. The van der Waals surface area contributed by atoms with Crippen molar-refractivity contribution < 1.29 is 18.0 Å². The van der Waals surface area contributed by atoms with Crippen LogP contribution in [0.4, 0.5) is 19.0 Å². The highest BCUT2D eigenvalue weighted by Gasteiger charge is 2.35. The molecular formula is C22H14ClF3N6OS. The number of aromatic nitrogens is 5. The number of amides is 1. The van der Waals surface area contributed by atoms with Crippen LogP contribution in [-0.4, -0.2) is 30.3 Å². The van der Waals surface area contributed by atoms with E-state index in [-0.39, 0.29) is 22.9 Å². The largest absolute Gasteiger partial charge is 0.433 e. The van der Waals surface area contributed by atoms with Gasteiger partial charge in [-0.1, -0.05) is 29.8 Å². The molecule has 0 aliphatic carbocycles. The Bertz CT molecular complexity index is 1480.